The molecule has 2 aromatic rings. The smallest absolute Gasteiger partial charge is 0.317 e. The highest BCUT2D eigenvalue weighted by Gasteiger charge is 2.21. The van der Waals surface area contributed by atoms with E-state index >= 15 is 0 Å². The summed E-state index contributed by atoms with van der Waals surface area (Å²) in [6, 6.07) is 14.6. The van der Waals surface area contributed by atoms with Gasteiger partial charge in [-0.25, -0.2) is 4.79 Å². The van der Waals surface area contributed by atoms with Crippen LogP contribution in [0.2, 0.25) is 0 Å². The normalized spacial score (nSPS) is 14.2. The minimum absolute atomic E-state index is 0.0256. The maximum absolute atomic E-state index is 12.4. The van der Waals surface area contributed by atoms with E-state index in [1.165, 1.54) is 16.8 Å². The van der Waals surface area contributed by atoms with Crippen LogP contribution in [0.5, 0.6) is 5.75 Å². The van der Waals surface area contributed by atoms with Crippen molar-refractivity contribution in [1.82, 2.24) is 10.2 Å². The summed E-state index contributed by atoms with van der Waals surface area (Å²) in [5, 5.41) is 3.04. The van der Waals surface area contributed by atoms with Crippen molar-refractivity contribution in [2.24, 2.45) is 0 Å². The average Bonchev–Trinajstić information content (AvgIpc) is 2.70. The van der Waals surface area contributed by atoms with Gasteiger partial charge in [-0.05, 0) is 61.2 Å². The van der Waals surface area contributed by atoms with Crippen molar-refractivity contribution in [1.29, 1.82) is 0 Å². The third-order valence-electron chi connectivity index (χ3n) is 5.25. The maximum atomic E-state index is 12.4. The van der Waals surface area contributed by atoms with Crippen LogP contribution in [0.3, 0.4) is 0 Å². The zero-order chi connectivity index (χ0) is 19.2. The Morgan fingerprint density at radius 1 is 1.04 bits per heavy atom. The summed E-state index contributed by atoms with van der Waals surface area (Å²) in [6.45, 7) is 8.13. The molecule has 0 radical (unpaired) electrons. The number of anilines is 1. The molecule has 144 valence electrons. The lowest BCUT2D eigenvalue weighted by molar-refractivity contribution is 0.194. The topological polar surface area (TPSA) is 44.8 Å². The SMILES string of the molecule is COc1cccc(CCNC(=O)N2CCN(c3ccc(C)c(C)c3)CC2)c1. The predicted octanol–water partition coefficient (Wildman–Crippen LogP) is 3.39. The highest BCUT2D eigenvalue weighted by molar-refractivity contribution is 5.74. The van der Waals surface area contributed by atoms with E-state index < -0.39 is 0 Å². The van der Waals surface area contributed by atoms with Crippen LogP contribution in [-0.4, -0.2) is 50.8 Å². The molecule has 3 rings (SSSR count). The summed E-state index contributed by atoms with van der Waals surface area (Å²) in [5.41, 5.74) is 5.03. The van der Waals surface area contributed by atoms with Gasteiger partial charge in [0, 0.05) is 38.4 Å². The number of carbonyl (C=O) groups excluding carboxylic acids is 1. The zero-order valence-corrected chi connectivity index (χ0v) is 16.5. The first kappa shape index (κ1) is 19.1. The number of ether oxygens (including phenoxy) is 1. The summed E-state index contributed by atoms with van der Waals surface area (Å²) >= 11 is 0. The Labute approximate surface area is 161 Å². The standard InChI is InChI=1S/C22H29N3O2/c1-17-7-8-20(15-18(17)2)24-11-13-25(14-12-24)22(26)23-10-9-19-5-4-6-21(16-19)27-3/h4-8,15-16H,9-14H2,1-3H3,(H,23,26). The molecule has 1 aliphatic rings. The van der Waals surface area contributed by atoms with E-state index in [4.69, 9.17) is 4.74 Å². The molecule has 1 saturated heterocycles. The Morgan fingerprint density at radius 2 is 1.81 bits per heavy atom. The molecule has 27 heavy (non-hydrogen) atoms. The average molecular weight is 367 g/mol. The summed E-state index contributed by atoms with van der Waals surface area (Å²) in [4.78, 5) is 16.7. The third-order valence-corrected chi connectivity index (χ3v) is 5.25. The monoisotopic (exact) mass is 367 g/mol. The quantitative estimate of drug-likeness (QED) is 0.881. The number of hydrogen-bond acceptors (Lipinski definition) is 3. The third kappa shape index (κ3) is 4.94. The zero-order valence-electron chi connectivity index (χ0n) is 16.5. The van der Waals surface area contributed by atoms with Crippen molar-refractivity contribution < 1.29 is 9.53 Å². The molecule has 1 aliphatic heterocycles. The second-order valence-electron chi connectivity index (χ2n) is 7.08. The first-order valence-corrected chi connectivity index (χ1v) is 9.55. The lowest BCUT2D eigenvalue weighted by Crippen LogP contribution is -2.52. The molecule has 0 unspecified atom stereocenters. The first-order valence-electron chi connectivity index (χ1n) is 9.55. The molecule has 0 bridgehead atoms. The Kier molecular flexibility index (Phi) is 6.22. The molecule has 0 atom stereocenters. The fourth-order valence-electron chi connectivity index (χ4n) is 3.34. The van der Waals surface area contributed by atoms with Crippen LogP contribution in [0.15, 0.2) is 42.5 Å². The van der Waals surface area contributed by atoms with Gasteiger partial charge in [0.05, 0.1) is 7.11 Å². The van der Waals surface area contributed by atoms with Crippen LogP contribution >= 0.6 is 0 Å². The number of carbonyl (C=O) groups is 1. The number of methoxy groups -OCH3 is 1. The summed E-state index contributed by atoms with van der Waals surface area (Å²) < 4.78 is 5.24. The van der Waals surface area contributed by atoms with E-state index in [2.05, 4.69) is 48.3 Å². The van der Waals surface area contributed by atoms with Crippen LogP contribution in [0.25, 0.3) is 0 Å². The fourth-order valence-corrected chi connectivity index (χ4v) is 3.34. The molecule has 0 aromatic heterocycles. The Balaban J connectivity index is 1.44. The van der Waals surface area contributed by atoms with Crippen molar-refractivity contribution in [3.63, 3.8) is 0 Å². The van der Waals surface area contributed by atoms with Crippen LogP contribution < -0.4 is 15.0 Å². The van der Waals surface area contributed by atoms with Gasteiger partial charge in [0.1, 0.15) is 5.75 Å². The highest BCUT2D eigenvalue weighted by atomic mass is 16.5. The Morgan fingerprint density at radius 3 is 2.52 bits per heavy atom. The number of rotatable bonds is 5. The van der Waals surface area contributed by atoms with Crippen molar-refractivity contribution in [3.05, 3.63) is 59.2 Å². The Bertz CT molecular complexity index is 783. The van der Waals surface area contributed by atoms with Gasteiger partial charge in [0.2, 0.25) is 0 Å². The number of nitrogens with one attached hydrogen (secondary N) is 1. The maximum Gasteiger partial charge on any atom is 0.317 e. The van der Waals surface area contributed by atoms with Crippen molar-refractivity contribution >= 4 is 11.7 Å². The van der Waals surface area contributed by atoms with Crippen molar-refractivity contribution in [2.45, 2.75) is 20.3 Å². The van der Waals surface area contributed by atoms with Gasteiger partial charge in [-0.1, -0.05) is 18.2 Å². The van der Waals surface area contributed by atoms with E-state index in [1.54, 1.807) is 7.11 Å². The van der Waals surface area contributed by atoms with Crippen molar-refractivity contribution in [3.8, 4) is 5.75 Å². The predicted molar refractivity (Wildman–Crippen MR) is 110 cm³/mol. The second kappa shape index (κ2) is 8.80. The van der Waals surface area contributed by atoms with Crippen LogP contribution in [-0.2, 0) is 6.42 Å². The van der Waals surface area contributed by atoms with Crippen LogP contribution in [0.1, 0.15) is 16.7 Å². The molecule has 2 aromatic carbocycles. The minimum atomic E-state index is 0.0256. The molecular formula is C22H29N3O2. The molecule has 1 heterocycles. The van der Waals surface area contributed by atoms with Gasteiger partial charge in [-0.15, -0.1) is 0 Å². The molecule has 0 aliphatic carbocycles. The number of benzene rings is 2. The second-order valence-corrected chi connectivity index (χ2v) is 7.08. The largest absolute Gasteiger partial charge is 0.497 e. The number of aryl methyl sites for hydroxylation is 2. The van der Waals surface area contributed by atoms with E-state index in [9.17, 15) is 4.79 Å². The van der Waals surface area contributed by atoms with Gasteiger partial charge < -0.3 is 19.9 Å². The molecule has 5 heteroatoms. The number of amides is 2. The first-order chi connectivity index (χ1) is 13.1. The van der Waals surface area contributed by atoms with E-state index in [0.717, 1.165) is 43.9 Å². The number of piperazine rings is 1. The molecule has 0 saturated carbocycles. The van der Waals surface area contributed by atoms with Crippen LogP contribution in [0.4, 0.5) is 10.5 Å². The lowest BCUT2D eigenvalue weighted by atomic mass is 10.1. The number of urea groups is 1. The molecule has 0 spiro atoms. The van der Waals surface area contributed by atoms with E-state index in [1.807, 2.05) is 23.1 Å². The minimum Gasteiger partial charge on any atom is -0.497 e. The molecular weight excluding hydrogens is 338 g/mol. The van der Waals surface area contributed by atoms with E-state index in [-0.39, 0.29) is 6.03 Å². The molecule has 5 nitrogen and oxygen atoms in total. The Hall–Kier alpha value is -2.69. The van der Waals surface area contributed by atoms with Crippen LogP contribution in [0, 0.1) is 13.8 Å². The molecule has 1 fully saturated rings. The number of hydrogen-bond donors (Lipinski definition) is 1. The number of nitrogens with zero attached hydrogens (tertiary/aromatic N) is 2. The fraction of sp³-hybridized carbons (Fsp3) is 0.409. The molecule has 2 amide bonds. The van der Waals surface area contributed by atoms with Gasteiger partial charge in [0.25, 0.3) is 0 Å². The summed E-state index contributed by atoms with van der Waals surface area (Å²) in [6.07, 6.45) is 0.797. The van der Waals surface area contributed by atoms with Crippen molar-refractivity contribution in [2.75, 3.05) is 44.7 Å². The molecule has 1 N–H and O–H groups in total. The van der Waals surface area contributed by atoms with Gasteiger partial charge >= 0.3 is 6.03 Å². The van der Waals surface area contributed by atoms with Gasteiger partial charge in [-0.3, -0.25) is 0 Å². The van der Waals surface area contributed by atoms with Gasteiger partial charge in [-0.2, -0.15) is 0 Å². The summed E-state index contributed by atoms with van der Waals surface area (Å²) in [7, 11) is 1.67. The van der Waals surface area contributed by atoms with Gasteiger partial charge in [0.15, 0.2) is 0 Å². The van der Waals surface area contributed by atoms with E-state index in [0.29, 0.717) is 6.54 Å². The highest BCUT2D eigenvalue weighted by Crippen LogP contribution is 2.20. The summed E-state index contributed by atoms with van der Waals surface area (Å²) in [5.74, 6) is 0.848. The lowest BCUT2D eigenvalue weighted by Gasteiger charge is -2.36.